The molecule has 0 aliphatic carbocycles. The standard InChI is InChI=1S/C34H36O11/c1-22(35)43-21-31(45-28-15-9-24(19-29(28)39-3)11-18-33(37)42-6)34(25-12-16-27(38-2)30(20-25)40-4)44-26-13-7-23(8-14-26)10-17-32(36)41-5/h7-20,31,34H,21H2,1-6H3/b17-10+,18-11+. The van der Waals surface area contributed by atoms with Crippen molar-refractivity contribution in [2.45, 2.75) is 19.1 Å². The Morgan fingerprint density at radius 1 is 0.644 bits per heavy atom. The van der Waals surface area contributed by atoms with Gasteiger partial charge in [-0.2, -0.15) is 0 Å². The SMILES string of the molecule is COC(=O)/C=C/c1ccc(OC(c2ccc(OC)c(OC)c2)C(COC(C)=O)Oc2ccc(/C=C/C(=O)OC)cc2OC)cc1. The van der Waals surface area contributed by atoms with Gasteiger partial charge in [-0.3, -0.25) is 4.79 Å². The third-order valence-electron chi connectivity index (χ3n) is 6.36. The average molecular weight is 621 g/mol. The molecule has 2 unspecified atom stereocenters. The molecule has 0 spiro atoms. The van der Waals surface area contributed by atoms with Crippen LogP contribution in [0, 0.1) is 0 Å². The highest BCUT2D eigenvalue weighted by atomic mass is 16.6. The van der Waals surface area contributed by atoms with Gasteiger partial charge in [0.15, 0.2) is 35.2 Å². The maximum absolute atomic E-state index is 11.9. The molecule has 0 aromatic heterocycles. The first-order valence-corrected chi connectivity index (χ1v) is 13.7. The van der Waals surface area contributed by atoms with Crippen molar-refractivity contribution >= 4 is 30.1 Å². The molecule has 0 saturated carbocycles. The average Bonchev–Trinajstić information content (AvgIpc) is 3.07. The van der Waals surface area contributed by atoms with E-state index < -0.39 is 30.1 Å². The Labute approximate surface area is 261 Å². The van der Waals surface area contributed by atoms with Crippen LogP contribution in [0.4, 0.5) is 0 Å². The Hall–Kier alpha value is -5.45. The minimum atomic E-state index is -0.892. The van der Waals surface area contributed by atoms with Crippen LogP contribution in [-0.2, 0) is 28.6 Å². The second kappa shape index (κ2) is 17.0. The van der Waals surface area contributed by atoms with Crippen LogP contribution in [0.5, 0.6) is 28.7 Å². The molecule has 3 aromatic rings. The van der Waals surface area contributed by atoms with Crippen molar-refractivity contribution in [1.29, 1.82) is 0 Å². The summed E-state index contributed by atoms with van der Waals surface area (Å²) >= 11 is 0. The van der Waals surface area contributed by atoms with Gasteiger partial charge in [-0.15, -0.1) is 0 Å². The zero-order valence-electron chi connectivity index (χ0n) is 25.9. The third kappa shape index (κ3) is 10.1. The summed E-state index contributed by atoms with van der Waals surface area (Å²) in [6.45, 7) is 1.12. The molecule has 0 radical (unpaired) electrons. The highest BCUT2D eigenvalue weighted by molar-refractivity contribution is 5.87. The smallest absolute Gasteiger partial charge is 0.330 e. The number of rotatable bonds is 15. The molecule has 45 heavy (non-hydrogen) atoms. The van der Waals surface area contributed by atoms with Crippen molar-refractivity contribution in [2.75, 3.05) is 42.2 Å². The molecule has 0 saturated heterocycles. The van der Waals surface area contributed by atoms with E-state index in [0.29, 0.717) is 39.9 Å². The lowest BCUT2D eigenvalue weighted by Crippen LogP contribution is -2.34. The molecule has 0 aliphatic rings. The topological polar surface area (TPSA) is 125 Å². The monoisotopic (exact) mass is 620 g/mol. The molecule has 0 fully saturated rings. The van der Waals surface area contributed by atoms with E-state index in [-0.39, 0.29) is 6.61 Å². The van der Waals surface area contributed by atoms with Gasteiger partial charge in [0, 0.05) is 24.6 Å². The summed E-state index contributed by atoms with van der Waals surface area (Å²) in [5.74, 6) is 0.651. The Kier molecular flexibility index (Phi) is 12.9. The summed E-state index contributed by atoms with van der Waals surface area (Å²) in [7, 11) is 7.13. The van der Waals surface area contributed by atoms with Crippen LogP contribution in [0.15, 0.2) is 72.8 Å². The van der Waals surface area contributed by atoms with Gasteiger partial charge in [-0.1, -0.05) is 24.3 Å². The molecule has 238 valence electrons. The summed E-state index contributed by atoms with van der Waals surface area (Å²) in [6, 6.07) is 17.4. The van der Waals surface area contributed by atoms with E-state index in [1.807, 2.05) is 0 Å². The van der Waals surface area contributed by atoms with Gasteiger partial charge in [0.1, 0.15) is 12.4 Å². The van der Waals surface area contributed by atoms with E-state index >= 15 is 0 Å². The van der Waals surface area contributed by atoms with E-state index in [9.17, 15) is 14.4 Å². The zero-order valence-corrected chi connectivity index (χ0v) is 25.9. The minimum absolute atomic E-state index is 0.179. The molecule has 11 nitrogen and oxygen atoms in total. The molecule has 0 heterocycles. The van der Waals surface area contributed by atoms with Crippen molar-refractivity contribution in [2.24, 2.45) is 0 Å². The third-order valence-corrected chi connectivity index (χ3v) is 6.36. The normalized spacial score (nSPS) is 12.2. The molecule has 0 N–H and O–H groups in total. The zero-order chi connectivity index (χ0) is 32.8. The van der Waals surface area contributed by atoms with E-state index in [2.05, 4.69) is 9.47 Å². The minimum Gasteiger partial charge on any atom is -0.493 e. The molecule has 3 rings (SSSR count). The summed E-state index contributed by atoms with van der Waals surface area (Å²) in [5.41, 5.74) is 2.04. The first-order chi connectivity index (χ1) is 21.7. The molecule has 3 aromatic carbocycles. The highest BCUT2D eigenvalue weighted by Crippen LogP contribution is 2.37. The number of esters is 3. The highest BCUT2D eigenvalue weighted by Gasteiger charge is 2.31. The number of methoxy groups -OCH3 is 5. The number of hydrogen-bond acceptors (Lipinski definition) is 11. The summed E-state index contributed by atoms with van der Waals surface area (Å²) in [6.07, 6.45) is 4.06. The van der Waals surface area contributed by atoms with Crippen LogP contribution in [0.3, 0.4) is 0 Å². The van der Waals surface area contributed by atoms with Crippen LogP contribution in [-0.4, -0.2) is 66.2 Å². The predicted molar refractivity (Wildman–Crippen MR) is 165 cm³/mol. The van der Waals surface area contributed by atoms with Crippen molar-refractivity contribution in [3.63, 3.8) is 0 Å². The van der Waals surface area contributed by atoms with Gasteiger partial charge in [0.2, 0.25) is 0 Å². The first-order valence-electron chi connectivity index (χ1n) is 13.7. The lowest BCUT2D eigenvalue weighted by Gasteiger charge is -2.29. The van der Waals surface area contributed by atoms with E-state index in [1.165, 1.54) is 54.6 Å². The summed E-state index contributed by atoms with van der Waals surface area (Å²) < 4.78 is 44.2. The molecular weight excluding hydrogens is 584 g/mol. The van der Waals surface area contributed by atoms with Crippen LogP contribution in [0.1, 0.15) is 29.7 Å². The fraction of sp³-hybridized carbons (Fsp3) is 0.265. The summed E-state index contributed by atoms with van der Waals surface area (Å²) in [4.78, 5) is 35.0. The van der Waals surface area contributed by atoms with Crippen LogP contribution >= 0.6 is 0 Å². The van der Waals surface area contributed by atoms with Crippen molar-refractivity contribution in [3.8, 4) is 28.7 Å². The molecule has 2 atom stereocenters. The van der Waals surface area contributed by atoms with Crippen LogP contribution < -0.4 is 23.7 Å². The van der Waals surface area contributed by atoms with Crippen LogP contribution in [0.2, 0.25) is 0 Å². The van der Waals surface area contributed by atoms with Gasteiger partial charge in [0.05, 0.1) is 35.5 Å². The van der Waals surface area contributed by atoms with E-state index in [0.717, 1.165) is 5.56 Å². The largest absolute Gasteiger partial charge is 0.493 e. The van der Waals surface area contributed by atoms with Gasteiger partial charge in [0.25, 0.3) is 0 Å². The Balaban J connectivity index is 2.05. The molecule has 11 heteroatoms. The number of hydrogen-bond donors (Lipinski definition) is 0. The van der Waals surface area contributed by atoms with Crippen molar-refractivity contribution in [1.82, 2.24) is 0 Å². The van der Waals surface area contributed by atoms with E-state index in [1.54, 1.807) is 72.8 Å². The Bertz CT molecular complexity index is 1510. The maximum atomic E-state index is 11.9. The second-order valence-electron chi connectivity index (χ2n) is 9.30. The number of benzene rings is 3. The van der Waals surface area contributed by atoms with Gasteiger partial charge >= 0.3 is 17.9 Å². The fourth-order valence-electron chi connectivity index (χ4n) is 4.09. The van der Waals surface area contributed by atoms with E-state index in [4.69, 9.17) is 28.4 Å². The Morgan fingerprint density at radius 2 is 1.20 bits per heavy atom. The number of carbonyl (C=O) groups is 3. The number of ether oxygens (including phenoxy) is 8. The maximum Gasteiger partial charge on any atom is 0.330 e. The lowest BCUT2D eigenvalue weighted by atomic mass is 10.0. The van der Waals surface area contributed by atoms with Gasteiger partial charge < -0.3 is 37.9 Å². The molecule has 0 bridgehead atoms. The first kappa shape index (κ1) is 34.0. The van der Waals surface area contributed by atoms with Crippen molar-refractivity contribution in [3.05, 3.63) is 89.5 Å². The van der Waals surface area contributed by atoms with Gasteiger partial charge in [-0.05, 0) is 59.7 Å². The van der Waals surface area contributed by atoms with Crippen LogP contribution in [0.25, 0.3) is 12.2 Å². The lowest BCUT2D eigenvalue weighted by molar-refractivity contribution is -0.145. The number of carbonyl (C=O) groups excluding carboxylic acids is 3. The van der Waals surface area contributed by atoms with Gasteiger partial charge in [-0.25, -0.2) is 9.59 Å². The second-order valence-corrected chi connectivity index (χ2v) is 9.30. The molecule has 0 amide bonds. The predicted octanol–water partition coefficient (Wildman–Crippen LogP) is 5.22. The quantitative estimate of drug-likeness (QED) is 0.126. The molecular formula is C34H36O11. The summed E-state index contributed by atoms with van der Waals surface area (Å²) in [5, 5.41) is 0. The van der Waals surface area contributed by atoms with Crippen molar-refractivity contribution < 1.29 is 52.3 Å². The fourth-order valence-corrected chi connectivity index (χ4v) is 4.09. The Morgan fingerprint density at radius 3 is 1.78 bits per heavy atom. The molecule has 0 aliphatic heterocycles.